The van der Waals surface area contributed by atoms with Crippen molar-refractivity contribution in [3.8, 4) is 6.07 Å². The van der Waals surface area contributed by atoms with Gasteiger partial charge >= 0.3 is 0 Å². The summed E-state index contributed by atoms with van der Waals surface area (Å²) in [5.74, 6) is -1.52. The predicted octanol–water partition coefficient (Wildman–Crippen LogP) is 2.50. The van der Waals surface area contributed by atoms with Crippen LogP contribution in [0.5, 0.6) is 0 Å². The number of nitriles is 1. The largest absolute Gasteiger partial charge is 0.335 e. The summed E-state index contributed by atoms with van der Waals surface area (Å²) in [5, 5.41) is 19.1. The molecule has 0 saturated carbocycles. The van der Waals surface area contributed by atoms with E-state index in [1.54, 1.807) is 13.8 Å². The second kappa shape index (κ2) is 6.61. The van der Waals surface area contributed by atoms with Crippen molar-refractivity contribution in [2.45, 2.75) is 26.3 Å². The number of amides is 1. The van der Waals surface area contributed by atoms with E-state index in [9.17, 15) is 19.3 Å². The van der Waals surface area contributed by atoms with Crippen molar-refractivity contribution in [3.05, 3.63) is 39.7 Å². The number of nitro benzene ring substituents is 1. The molecule has 0 fully saturated rings. The normalized spacial score (nSPS) is 10.2. The third kappa shape index (κ3) is 3.51. The van der Waals surface area contributed by atoms with Gasteiger partial charge in [-0.2, -0.15) is 5.26 Å². The molecule has 0 atom stereocenters. The fraction of sp³-hybridized carbons (Fsp3) is 0.385. The third-order valence-electron chi connectivity index (χ3n) is 2.74. The Morgan fingerprint density at radius 3 is 2.65 bits per heavy atom. The Labute approximate surface area is 115 Å². The number of nitro groups is 1. The second-order valence-corrected chi connectivity index (χ2v) is 4.42. The molecule has 0 spiro atoms. The van der Waals surface area contributed by atoms with Gasteiger partial charge in [0.25, 0.3) is 11.6 Å². The van der Waals surface area contributed by atoms with E-state index in [2.05, 4.69) is 0 Å². The van der Waals surface area contributed by atoms with Crippen LogP contribution >= 0.6 is 0 Å². The Hall–Kier alpha value is -2.49. The third-order valence-corrected chi connectivity index (χ3v) is 2.74. The predicted molar refractivity (Wildman–Crippen MR) is 69.5 cm³/mol. The summed E-state index contributed by atoms with van der Waals surface area (Å²) in [7, 11) is 0. The lowest BCUT2D eigenvalue weighted by atomic mass is 10.1. The number of nitrogens with zero attached hydrogens (tertiary/aromatic N) is 3. The Kier molecular flexibility index (Phi) is 5.15. The van der Waals surface area contributed by atoms with Crippen molar-refractivity contribution < 1.29 is 14.1 Å². The lowest BCUT2D eigenvalue weighted by molar-refractivity contribution is -0.385. The first-order valence-corrected chi connectivity index (χ1v) is 6.00. The van der Waals surface area contributed by atoms with Crippen LogP contribution in [0.15, 0.2) is 18.2 Å². The minimum Gasteiger partial charge on any atom is -0.335 e. The Bertz CT molecular complexity index is 566. The fourth-order valence-electron chi connectivity index (χ4n) is 1.71. The molecule has 0 aliphatic rings. The molecule has 1 rings (SSSR count). The van der Waals surface area contributed by atoms with Crippen LogP contribution in [0.25, 0.3) is 0 Å². The van der Waals surface area contributed by atoms with E-state index in [1.165, 1.54) is 4.90 Å². The lowest BCUT2D eigenvalue weighted by Crippen LogP contribution is -2.38. The van der Waals surface area contributed by atoms with Crippen LogP contribution in [-0.4, -0.2) is 28.3 Å². The number of non-ortho nitro benzene ring substituents is 1. The minimum absolute atomic E-state index is 0.137. The second-order valence-electron chi connectivity index (χ2n) is 4.42. The summed E-state index contributed by atoms with van der Waals surface area (Å²) in [6, 6.07) is 4.61. The Balaban J connectivity index is 3.06. The van der Waals surface area contributed by atoms with E-state index in [0.29, 0.717) is 0 Å². The van der Waals surface area contributed by atoms with Crippen LogP contribution in [0, 0.1) is 27.3 Å². The van der Waals surface area contributed by atoms with Crippen LogP contribution < -0.4 is 0 Å². The molecule has 0 bridgehead atoms. The molecule has 1 aromatic rings. The van der Waals surface area contributed by atoms with Crippen LogP contribution in [0.2, 0.25) is 0 Å². The minimum atomic E-state index is -0.938. The van der Waals surface area contributed by atoms with Gasteiger partial charge in [0, 0.05) is 18.7 Å². The molecule has 106 valence electrons. The van der Waals surface area contributed by atoms with E-state index in [4.69, 9.17) is 5.26 Å². The molecule has 7 heteroatoms. The van der Waals surface area contributed by atoms with Crippen molar-refractivity contribution in [2.75, 3.05) is 6.54 Å². The molecule has 0 aromatic heterocycles. The number of benzene rings is 1. The zero-order chi connectivity index (χ0) is 15.3. The van der Waals surface area contributed by atoms with Gasteiger partial charge in [-0.15, -0.1) is 0 Å². The van der Waals surface area contributed by atoms with Crippen molar-refractivity contribution >= 4 is 11.6 Å². The number of hydrogen-bond donors (Lipinski definition) is 0. The summed E-state index contributed by atoms with van der Waals surface area (Å²) in [5.41, 5.74) is -0.644. The van der Waals surface area contributed by atoms with Gasteiger partial charge in [-0.3, -0.25) is 14.9 Å². The first-order chi connectivity index (χ1) is 9.38. The maximum Gasteiger partial charge on any atom is 0.272 e. The number of carbonyl (C=O) groups excluding carboxylic acids is 1. The smallest absolute Gasteiger partial charge is 0.272 e. The first kappa shape index (κ1) is 15.6. The quantitative estimate of drug-likeness (QED) is 0.612. The highest BCUT2D eigenvalue weighted by molar-refractivity contribution is 5.95. The van der Waals surface area contributed by atoms with Gasteiger partial charge in [0.2, 0.25) is 0 Å². The first-order valence-electron chi connectivity index (χ1n) is 6.00. The number of carbonyl (C=O) groups is 1. The fourth-order valence-corrected chi connectivity index (χ4v) is 1.71. The molecule has 0 unspecified atom stereocenters. The SMILES string of the molecule is CC(C)N(CCC#N)C(=O)c1ccc([N+](=O)[O-])cc1F. The summed E-state index contributed by atoms with van der Waals surface area (Å²) >= 11 is 0. The summed E-state index contributed by atoms with van der Waals surface area (Å²) < 4.78 is 13.8. The number of halogens is 1. The zero-order valence-electron chi connectivity index (χ0n) is 11.2. The molecule has 0 radical (unpaired) electrons. The average Bonchev–Trinajstić information content (AvgIpc) is 2.38. The van der Waals surface area contributed by atoms with Crippen molar-refractivity contribution in [2.24, 2.45) is 0 Å². The van der Waals surface area contributed by atoms with E-state index < -0.39 is 22.3 Å². The summed E-state index contributed by atoms with van der Waals surface area (Å²) in [6.45, 7) is 3.68. The van der Waals surface area contributed by atoms with Crippen LogP contribution in [-0.2, 0) is 0 Å². The molecular formula is C13H14FN3O3. The monoisotopic (exact) mass is 279 g/mol. The molecule has 1 amide bonds. The molecule has 0 N–H and O–H groups in total. The van der Waals surface area contributed by atoms with Crippen molar-refractivity contribution in [1.82, 2.24) is 4.90 Å². The standard InChI is InChI=1S/C13H14FN3O3/c1-9(2)16(7-3-6-15)13(18)11-5-4-10(17(19)20)8-12(11)14/h4-5,8-9H,3,7H2,1-2H3. The van der Waals surface area contributed by atoms with Crippen molar-refractivity contribution in [3.63, 3.8) is 0 Å². The topological polar surface area (TPSA) is 87.2 Å². The molecule has 0 aliphatic heterocycles. The van der Waals surface area contributed by atoms with Gasteiger partial charge in [0.05, 0.1) is 29.0 Å². The Morgan fingerprint density at radius 2 is 2.20 bits per heavy atom. The molecule has 0 aliphatic carbocycles. The molecule has 0 saturated heterocycles. The van der Waals surface area contributed by atoms with Gasteiger partial charge in [-0.05, 0) is 19.9 Å². The average molecular weight is 279 g/mol. The van der Waals surface area contributed by atoms with Gasteiger partial charge in [0.15, 0.2) is 0 Å². The number of rotatable bonds is 5. The van der Waals surface area contributed by atoms with Crippen LogP contribution in [0.4, 0.5) is 10.1 Å². The van der Waals surface area contributed by atoms with Gasteiger partial charge in [-0.25, -0.2) is 4.39 Å². The van der Waals surface area contributed by atoms with E-state index in [1.807, 2.05) is 6.07 Å². The molecule has 20 heavy (non-hydrogen) atoms. The molecule has 1 aromatic carbocycles. The van der Waals surface area contributed by atoms with Gasteiger partial charge in [0.1, 0.15) is 5.82 Å². The van der Waals surface area contributed by atoms with Gasteiger partial charge in [-0.1, -0.05) is 0 Å². The van der Waals surface area contributed by atoms with Crippen LogP contribution in [0.1, 0.15) is 30.6 Å². The Morgan fingerprint density at radius 1 is 1.55 bits per heavy atom. The number of hydrogen-bond acceptors (Lipinski definition) is 4. The maximum absolute atomic E-state index is 13.8. The summed E-state index contributed by atoms with van der Waals surface area (Å²) in [4.78, 5) is 23.4. The van der Waals surface area contributed by atoms with Crippen LogP contribution in [0.3, 0.4) is 0 Å². The highest BCUT2D eigenvalue weighted by Gasteiger charge is 2.23. The maximum atomic E-state index is 13.8. The van der Waals surface area contributed by atoms with E-state index in [0.717, 1.165) is 18.2 Å². The van der Waals surface area contributed by atoms with Gasteiger partial charge < -0.3 is 4.90 Å². The highest BCUT2D eigenvalue weighted by Crippen LogP contribution is 2.19. The van der Waals surface area contributed by atoms with E-state index >= 15 is 0 Å². The van der Waals surface area contributed by atoms with E-state index in [-0.39, 0.29) is 24.6 Å². The highest BCUT2D eigenvalue weighted by atomic mass is 19.1. The molecule has 6 nitrogen and oxygen atoms in total. The molecular weight excluding hydrogens is 265 g/mol. The van der Waals surface area contributed by atoms with Crippen molar-refractivity contribution in [1.29, 1.82) is 5.26 Å². The zero-order valence-corrected chi connectivity index (χ0v) is 11.2. The molecule has 0 heterocycles. The lowest BCUT2D eigenvalue weighted by Gasteiger charge is -2.26. The summed E-state index contributed by atoms with van der Waals surface area (Å²) in [6.07, 6.45) is 0.137.